The van der Waals surface area contributed by atoms with E-state index in [1.54, 1.807) is 4.90 Å². The van der Waals surface area contributed by atoms with Crippen molar-refractivity contribution in [1.29, 1.82) is 0 Å². The number of rotatable bonds is 3. The number of aromatic nitrogens is 1. The van der Waals surface area contributed by atoms with E-state index in [9.17, 15) is 14.7 Å². The standard InChI is InChI=1S/C23H23N3O3/c1-14-22-17(16-9-5-6-10-18(16)24-22)11-19-23(29)25(13-21(28)26(14)19)12-20(27)15-7-3-2-4-8-15/h2-10,14,19-20,24,27H,11-13H2,1H3/t14?,19-,20?/m1/s1. The van der Waals surface area contributed by atoms with Gasteiger partial charge in [-0.3, -0.25) is 9.59 Å². The van der Waals surface area contributed by atoms with Crippen LogP contribution in [-0.4, -0.2) is 50.8 Å². The van der Waals surface area contributed by atoms with Crippen molar-refractivity contribution in [1.82, 2.24) is 14.8 Å². The fourth-order valence-corrected chi connectivity index (χ4v) is 4.77. The molecule has 1 saturated heterocycles. The Morgan fingerprint density at radius 1 is 1.10 bits per heavy atom. The van der Waals surface area contributed by atoms with Gasteiger partial charge in [-0.2, -0.15) is 0 Å². The van der Waals surface area contributed by atoms with Gasteiger partial charge in [-0.1, -0.05) is 48.5 Å². The normalized spacial score (nSPS) is 22.6. The molecule has 6 nitrogen and oxygen atoms in total. The molecule has 0 spiro atoms. The summed E-state index contributed by atoms with van der Waals surface area (Å²) in [4.78, 5) is 32.9. The van der Waals surface area contributed by atoms with Crippen LogP contribution in [0.5, 0.6) is 0 Å². The van der Waals surface area contributed by atoms with Gasteiger partial charge < -0.3 is 19.9 Å². The number of H-pyrrole nitrogens is 1. The molecule has 2 unspecified atom stereocenters. The Balaban J connectivity index is 1.45. The number of nitrogens with zero attached hydrogens (tertiary/aromatic N) is 2. The lowest BCUT2D eigenvalue weighted by Crippen LogP contribution is -2.62. The molecular weight excluding hydrogens is 366 g/mol. The van der Waals surface area contributed by atoms with E-state index in [0.29, 0.717) is 6.42 Å². The van der Waals surface area contributed by atoms with Gasteiger partial charge in [0.2, 0.25) is 11.8 Å². The molecule has 0 bridgehead atoms. The van der Waals surface area contributed by atoms with Gasteiger partial charge in [0.15, 0.2) is 0 Å². The zero-order valence-electron chi connectivity index (χ0n) is 16.2. The molecule has 0 radical (unpaired) electrons. The third-order valence-corrected chi connectivity index (χ3v) is 6.20. The summed E-state index contributed by atoms with van der Waals surface area (Å²) in [7, 11) is 0. The van der Waals surface area contributed by atoms with E-state index in [4.69, 9.17) is 0 Å². The molecule has 1 fully saturated rings. The molecule has 148 valence electrons. The molecule has 2 N–H and O–H groups in total. The van der Waals surface area contributed by atoms with E-state index in [1.807, 2.05) is 55.5 Å². The topological polar surface area (TPSA) is 76.6 Å². The summed E-state index contributed by atoms with van der Waals surface area (Å²) in [6.45, 7) is 2.09. The third kappa shape index (κ3) is 2.83. The predicted molar refractivity (Wildman–Crippen MR) is 109 cm³/mol. The summed E-state index contributed by atoms with van der Waals surface area (Å²) < 4.78 is 0. The molecule has 3 atom stereocenters. The number of carbonyl (C=O) groups excluding carboxylic acids is 2. The van der Waals surface area contributed by atoms with Gasteiger partial charge >= 0.3 is 0 Å². The lowest BCUT2D eigenvalue weighted by Gasteiger charge is -2.46. The van der Waals surface area contributed by atoms with E-state index in [2.05, 4.69) is 11.1 Å². The average molecular weight is 389 g/mol. The van der Waals surface area contributed by atoms with Crippen molar-refractivity contribution in [3.05, 3.63) is 71.4 Å². The van der Waals surface area contributed by atoms with Crippen molar-refractivity contribution < 1.29 is 14.7 Å². The number of para-hydroxylation sites is 1. The summed E-state index contributed by atoms with van der Waals surface area (Å²) in [5.74, 6) is -0.172. The number of amides is 2. The van der Waals surface area contributed by atoms with E-state index < -0.39 is 12.1 Å². The molecule has 3 heterocycles. The monoisotopic (exact) mass is 389 g/mol. The minimum Gasteiger partial charge on any atom is -0.387 e. The molecular formula is C23H23N3O3. The number of carbonyl (C=O) groups is 2. The van der Waals surface area contributed by atoms with Crippen molar-refractivity contribution in [3.8, 4) is 0 Å². The molecule has 2 aromatic carbocycles. The Labute approximate surface area is 168 Å². The molecule has 0 aliphatic carbocycles. The van der Waals surface area contributed by atoms with Gasteiger partial charge in [0.1, 0.15) is 6.04 Å². The zero-order chi connectivity index (χ0) is 20.1. The number of benzene rings is 2. The van der Waals surface area contributed by atoms with Gasteiger partial charge in [-0.05, 0) is 24.1 Å². The maximum Gasteiger partial charge on any atom is 0.246 e. The maximum atomic E-state index is 13.3. The number of aromatic amines is 1. The molecule has 2 aliphatic rings. The van der Waals surface area contributed by atoms with Crippen LogP contribution >= 0.6 is 0 Å². The predicted octanol–water partition coefficient (Wildman–Crippen LogP) is 2.56. The highest BCUT2D eigenvalue weighted by Gasteiger charge is 2.46. The van der Waals surface area contributed by atoms with Crippen LogP contribution in [0.4, 0.5) is 0 Å². The van der Waals surface area contributed by atoms with Crippen LogP contribution in [0.25, 0.3) is 10.9 Å². The van der Waals surface area contributed by atoms with E-state index in [1.165, 1.54) is 4.90 Å². The molecule has 1 aromatic heterocycles. The van der Waals surface area contributed by atoms with E-state index >= 15 is 0 Å². The number of β-amino-alcohol motifs (C(OH)–C–C–N with tert-alkyl or cyclic N) is 1. The molecule has 5 rings (SSSR count). The van der Waals surface area contributed by atoms with Gasteiger partial charge in [0, 0.05) is 23.0 Å². The number of aliphatic hydroxyl groups excluding tert-OH is 1. The SMILES string of the molecule is CC1c2[nH]c3ccccc3c2C[C@@H]2C(=O)N(CC(O)c3ccccc3)CC(=O)N12. The van der Waals surface area contributed by atoms with E-state index in [-0.39, 0.29) is 30.9 Å². The number of nitrogens with one attached hydrogen (secondary N) is 1. The van der Waals surface area contributed by atoms with E-state index in [0.717, 1.165) is 27.7 Å². The second-order valence-corrected chi connectivity index (χ2v) is 7.90. The van der Waals surface area contributed by atoms with Crippen LogP contribution in [0.3, 0.4) is 0 Å². The number of hydrogen-bond donors (Lipinski definition) is 2. The summed E-state index contributed by atoms with van der Waals surface area (Å²) in [5.41, 5.74) is 3.90. The molecule has 6 heteroatoms. The van der Waals surface area contributed by atoms with Crippen LogP contribution in [0.1, 0.15) is 35.9 Å². The molecule has 2 amide bonds. The molecule has 0 saturated carbocycles. The van der Waals surface area contributed by atoms with Crippen LogP contribution < -0.4 is 0 Å². The maximum absolute atomic E-state index is 13.3. The number of fused-ring (bicyclic) bond motifs is 4. The lowest BCUT2D eigenvalue weighted by atomic mass is 9.89. The van der Waals surface area contributed by atoms with Crippen molar-refractivity contribution in [2.45, 2.75) is 31.5 Å². The quantitative estimate of drug-likeness (QED) is 0.723. The minimum absolute atomic E-state index is 0.000864. The highest BCUT2D eigenvalue weighted by atomic mass is 16.3. The van der Waals surface area contributed by atoms with Crippen LogP contribution in [0.15, 0.2) is 54.6 Å². The Bertz CT molecular complexity index is 1090. The highest BCUT2D eigenvalue weighted by Crippen LogP contribution is 2.39. The average Bonchev–Trinajstić information content (AvgIpc) is 3.11. The first-order chi connectivity index (χ1) is 14.0. The largest absolute Gasteiger partial charge is 0.387 e. The smallest absolute Gasteiger partial charge is 0.246 e. The molecule has 3 aromatic rings. The molecule has 29 heavy (non-hydrogen) atoms. The van der Waals surface area contributed by atoms with Gasteiger partial charge in [-0.15, -0.1) is 0 Å². The first-order valence-electron chi connectivity index (χ1n) is 9.97. The van der Waals surface area contributed by atoms with Gasteiger partial charge in [0.25, 0.3) is 0 Å². The Kier molecular flexibility index (Phi) is 4.17. The summed E-state index contributed by atoms with van der Waals surface area (Å²) >= 11 is 0. The van der Waals surface area contributed by atoms with Crippen LogP contribution in [0.2, 0.25) is 0 Å². The second-order valence-electron chi connectivity index (χ2n) is 7.90. The summed E-state index contributed by atoms with van der Waals surface area (Å²) in [5, 5.41) is 11.7. The van der Waals surface area contributed by atoms with Crippen molar-refractivity contribution in [3.63, 3.8) is 0 Å². The minimum atomic E-state index is -0.816. The highest BCUT2D eigenvalue weighted by molar-refractivity contribution is 5.97. The lowest BCUT2D eigenvalue weighted by molar-refractivity contribution is -0.160. The second kappa shape index (κ2) is 6.74. The first kappa shape index (κ1) is 17.9. The summed E-state index contributed by atoms with van der Waals surface area (Å²) in [6.07, 6.45) is -0.323. The first-order valence-corrected chi connectivity index (χ1v) is 9.97. The van der Waals surface area contributed by atoms with Crippen molar-refractivity contribution >= 4 is 22.7 Å². The van der Waals surface area contributed by atoms with Crippen molar-refractivity contribution in [2.24, 2.45) is 0 Å². The fourth-order valence-electron chi connectivity index (χ4n) is 4.77. The van der Waals surface area contributed by atoms with Crippen LogP contribution in [-0.2, 0) is 16.0 Å². The van der Waals surface area contributed by atoms with Crippen molar-refractivity contribution in [2.75, 3.05) is 13.1 Å². The summed E-state index contributed by atoms with van der Waals surface area (Å²) in [6, 6.07) is 16.6. The number of hydrogen-bond acceptors (Lipinski definition) is 3. The zero-order valence-corrected chi connectivity index (χ0v) is 16.2. The van der Waals surface area contributed by atoms with Gasteiger partial charge in [-0.25, -0.2) is 0 Å². The fraction of sp³-hybridized carbons (Fsp3) is 0.304. The Hall–Kier alpha value is -3.12. The third-order valence-electron chi connectivity index (χ3n) is 6.20. The Morgan fingerprint density at radius 3 is 2.62 bits per heavy atom. The van der Waals surface area contributed by atoms with Crippen LogP contribution in [0, 0.1) is 0 Å². The van der Waals surface area contributed by atoms with Gasteiger partial charge in [0.05, 0.1) is 25.2 Å². The number of piperazine rings is 1. The Morgan fingerprint density at radius 2 is 1.83 bits per heavy atom. The molecule has 2 aliphatic heterocycles. The number of aliphatic hydroxyl groups is 1.